The Morgan fingerprint density at radius 1 is 0.721 bits per heavy atom. The summed E-state index contributed by atoms with van der Waals surface area (Å²) in [6.45, 7) is 22.2. The zero-order chi connectivity index (χ0) is 31.3. The summed E-state index contributed by atoms with van der Waals surface area (Å²) in [7, 11) is -3.26. The van der Waals surface area contributed by atoms with Crippen molar-refractivity contribution in [3.8, 4) is 0 Å². The molecule has 0 aromatic carbocycles. The normalized spacial score (nSPS) is 35.2. The molecule has 3 fully saturated rings. The molecule has 4 aliphatic rings. The Morgan fingerprint density at radius 3 is 1.84 bits per heavy atom. The highest BCUT2D eigenvalue weighted by atomic mass is 28.4. The summed E-state index contributed by atoms with van der Waals surface area (Å²) in [5.74, 6) is 3.43. The van der Waals surface area contributed by atoms with E-state index in [1.807, 2.05) is 5.57 Å². The Balaban J connectivity index is 1.48. The quantitative estimate of drug-likeness (QED) is 0.118. The van der Waals surface area contributed by atoms with Crippen molar-refractivity contribution >= 4 is 16.6 Å². The van der Waals surface area contributed by atoms with E-state index in [1.54, 1.807) is 0 Å². The first-order valence-electron chi connectivity index (χ1n) is 19.6. The molecular weight excluding hydrogens is 557 g/mol. The van der Waals surface area contributed by atoms with Gasteiger partial charge in [-0.3, -0.25) is 0 Å². The molecule has 0 spiro atoms. The molecule has 0 N–H and O–H groups in total. The van der Waals surface area contributed by atoms with Gasteiger partial charge in [-0.05, 0) is 129 Å². The standard InChI is InChI=1S/C39H74O2Si2/c1-10-24-42(25-11-2,26-12-3)40-31(7)35-18-19-36-34-17-16-32-30-33(41-43(27-13-4,28-14-5)29-15-6)20-22-38(32,8)37(34)21-23-39(35,36)9/h16,31,33-37H,10-15,17-30H2,1-9H3. The second kappa shape index (κ2) is 15.3. The van der Waals surface area contributed by atoms with Crippen LogP contribution in [-0.2, 0) is 8.85 Å². The summed E-state index contributed by atoms with van der Waals surface area (Å²) in [6, 6.07) is 8.21. The van der Waals surface area contributed by atoms with Crippen molar-refractivity contribution in [1.82, 2.24) is 0 Å². The minimum atomic E-state index is -1.64. The summed E-state index contributed by atoms with van der Waals surface area (Å²) in [5, 5.41) is 0. The van der Waals surface area contributed by atoms with Crippen LogP contribution in [0.1, 0.15) is 152 Å². The topological polar surface area (TPSA) is 18.5 Å². The first-order chi connectivity index (χ1) is 20.6. The molecule has 8 unspecified atom stereocenters. The van der Waals surface area contributed by atoms with E-state index in [0.29, 0.717) is 23.0 Å². The maximum absolute atomic E-state index is 7.42. The van der Waals surface area contributed by atoms with Gasteiger partial charge >= 0.3 is 0 Å². The lowest BCUT2D eigenvalue weighted by Gasteiger charge is -2.59. The SMILES string of the molecule is CCC[Si](CCC)(CCC)OC1CCC2(C)C(=CCC3C2CCC2(C)C(C(C)O[Si](CCC)(CCC)CCC)CCC32)C1. The molecule has 250 valence electrons. The lowest BCUT2D eigenvalue weighted by molar-refractivity contribution is -0.0649. The summed E-state index contributed by atoms with van der Waals surface area (Å²) in [6.07, 6.45) is 22.5. The van der Waals surface area contributed by atoms with Crippen LogP contribution in [0.4, 0.5) is 0 Å². The van der Waals surface area contributed by atoms with Gasteiger partial charge in [0.25, 0.3) is 0 Å². The molecule has 4 heteroatoms. The highest BCUT2D eigenvalue weighted by molar-refractivity contribution is 6.74. The molecule has 0 aliphatic heterocycles. The Labute approximate surface area is 271 Å². The third-order valence-electron chi connectivity index (χ3n) is 13.8. The van der Waals surface area contributed by atoms with Gasteiger partial charge in [-0.1, -0.05) is 106 Å². The molecule has 4 rings (SSSR count). The molecule has 0 bridgehead atoms. The van der Waals surface area contributed by atoms with Gasteiger partial charge in [0, 0.05) is 12.2 Å². The fourth-order valence-corrected chi connectivity index (χ4v) is 21.7. The van der Waals surface area contributed by atoms with Gasteiger partial charge in [0.05, 0.1) is 0 Å². The molecule has 8 atom stereocenters. The smallest absolute Gasteiger partial charge is 0.193 e. The van der Waals surface area contributed by atoms with Crippen LogP contribution in [0.5, 0.6) is 0 Å². The molecule has 0 amide bonds. The van der Waals surface area contributed by atoms with Crippen molar-refractivity contribution in [3.63, 3.8) is 0 Å². The van der Waals surface area contributed by atoms with E-state index in [1.165, 1.54) is 126 Å². The average Bonchev–Trinajstić information content (AvgIpc) is 3.31. The summed E-state index contributed by atoms with van der Waals surface area (Å²) >= 11 is 0. The molecule has 0 heterocycles. The monoisotopic (exact) mass is 631 g/mol. The van der Waals surface area contributed by atoms with Crippen molar-refractivity contribution in [2.75, 3.05) is 0 Å². The van der Waals surface area contributed by atoms with Crippen LogP contribution in [0, 0.1) is 34.5 Å². The molecule has 0 radical (unpaired) electrons. The first-order valence-corrected chi connectivity index (χ1v) is 24.7. The van der Waals surface area contributed by atoms with E-state index < -0.39 is 16.6 Å². The number of fused-ring (bicyclic) bond motifs is 5. The minimum Gasteiger partial charge on any atom is -0.414 e. The second-order valence-corrected chi connectivity index (χ2v) is 24.9. The van der Waals surface area contributed by atoms with E-state index in [4.69, 9.17) is 8.85 Å². The van der Waals surface area contributed by atoms with Crippen molar-refractivity contribution in [1.29, 1.82) is 0 Å². The fourth-order valence-electron chi connectivity index (χ4n) is 12.2. The van der Waals surface area contributed by atoms with Crippen LogP contribution in [0.2, 0.25) is 36.3 Å². The zero-order valence-corrected chi connectivity index (χ0v) is 32.5. The van der Waals surface area contributed by atoms with Crippen molar-refractivity contribution in [2.45, 2.75) is 201 Å². The Kier molecular flexibility index (Phi) is 12.8. The molecule has 0 aromatic rings. The van der Waals surface area contributed by atoms with E-state index in [-0.39, 0.29) is 0 Å². The van der Waals surface area contributed by atoms with E-state index in [2.05, 4.69) is 68.4 Å². The number of rotatable bonds is 17. The summed E-state index contributed by atoms with van der Waals surface area (Å²) in [5.41, 5.74) is 2.70. The minimum absolute atomic E-state index is 0.417. The largest absolute Gasteiger partial charge is 0.414 e. The van der Waals surface area contributed by atoms with Gasteiger partial charge in [-0.25, -0.2) is 0 Å². The highest BCUT2D eigenvalue weighted by Crippen LogP contribution is 2.67. The van der Waals surface area contributed by atoms with Crippen LogP contribution < -0.4 is 0 Å². The number of hydrogen-bond acceptors (Lipinski definition) is 2. The second-order valence-electron chi connectivity index (χ2n) is 16.7. The van der Waals surface area contributed by atoms with Gasteiger partial charge < -0.3 is 8.85 Å². The first kappa shape index (κ1) is 35.9. The Bertz CT molecular complexity index is 868. The predicted molar refractivity (Wildman–Crippen MR) is 193 cm³/mol. The van der Waals surface area contributed by atoms with Crippen LogP contribution in [-0.4, -0.2) is 28.8 Å². The summed E-state index contributed by atoms with van der Waals surface area (Å²) in [4.78, 5) is 0. The van der Waals surface area contributed by atoms with Crippen LogP contribution in [0.15, 0.2) is 11.6 Å². The number of hydrogen-bond donors (Lipinski definition) is 0. The summed E-state index contributed by atoms with van der Waals surface area (Å²) < 4.78 is 14.8. The predicted octanol–water partition coefficient (Wildman–Crippen LogP) is 12.7. The van der Waals surface area contributed by atoms with Gasteiger partial charge in [0.15, 0.2) is 16.6 Å². The maximum Gasteiger partial charge on any atom is 0.193 e. The zero-order valence-electron chi connectivity index (χ0n) is 30.5. The molecule has 0 aromatic heterocycles. The van der Waals surface area contributed by atoms with Crippen LogP contribution in [0.25, 0.3) is 0 Å². The van der Waals surface area contributed by atoms with Crippen LogP contribution >= 0.6 is 0 Å². The van der Waals surface area contributed by atoms with Gasteiger partial charge in [0.1, 0.15) is 0 Å². The third kappa shape index (κ3) is 7.33. The Morgan fingerprint density at radius 2 is 1.28 bits per heavy atom. The average molecular weight is 631 g/mol. The molecular formula is C39H74O2Si2. The van der Waals surface area contributed by atoms with Crippen LogP contribution in [0.3, 0.4) is 0 Å². The van der Waals surface area contributed by atoms with Crippen molar-refractivity contribution < 1.29 is 8.85 Å². The van der Waals surface area contributed by atoms with Gasteiger partial charge in [0.2, 0.25) is 0 Å². The van der Waals surface area contributed by atoms with E-state index in [9.17, 15) is 0 Å². The van der Waals surface area contributed by atoms with Crippen molar-refractivity contribution in [3.05, 3.63) is 11.6 Å². The molecule has 2 nitrogen and oxygen atoms in total. The number of allylic oxidation sites excluding steroid dienone is 1. The molecule has 0 saturated heterocycles. The lowest BCUT2D eigenvalue weighted by atomic mass is 9.47. The fraction of sp³-hybridized carbons (Fsp3) is 0.949. The molecule has 43 heavy (non-hydrogen) atoms. The van der Waals surface area contributed by atoms with E-state index >= 15 is 0 Å². The molecule has 3 saturated carbocycles. The third-order valence-corrected chi connectivity index (χ3v) is 24.0. The molecule has 4 aliphatic carbocycles. The van der Waals surface area contributed by atoms with Gasteiger partial charge in [-0.2, -0.15) is 0 Å². The maximum atomic E-state index is 7.42. The highest BCUT2D eigenvalue weighted by Gasteiger charge is 2.60. The lowest BCUT2D eigenvalue weighted by Crippen LogP contribution is -2.53. The van der Waals surface area contributed by atoms with Crippen molar-refractivity contribution in [2.24, 2.45) is 34.5 Å². The Hall–Kier alpha value is 0.0938. The van der Waals surface area contributed by atoms with Gasteiger partial charge in [-0.15, -0.1) is 0 Å². The van der Waals surface area contributed by atoms with E-state index in [0.717, 1.165) is 23.7 Å².